The Labute approximate surface area is 143 Å². The second kappa shape index (κ2) is 6.56. The van der Waals surface area contributed by atoms with Crippen LogP contribution in [0.5, 0.6) is 11.6 Å². The van der Waals surface area contributed by atoms with Crippen molar-refractivity contribution in [3.05, 3.63) is 47.4 Å². The molecule has 3 aromatic rings. The van der Waals surface area contributed by atoms with E-state index in [1.807, 2.05) is 6.07 Å². The van der Waals surface area contributed by atoms with Crippen molar-refractivity contribution in [2.45, 2.75) is 0 Å². The van der Waals surface area contributed by atoms with Crippen molar-refractivity contribution >= 4 is 11.6 Å². The average Bonchev–Trinajstić information content (AvgIpc) is 3.10. The van der Waals surface area contributed by atoms with Crippen molar-refractivity contribution in [2.75, 3.05) is 14.2 Å². The number of rotatable bonds is 4. The topological polar surface area (TPSA) is 85.9 Å². The van der Waals surface area contributed by atoms with E-state index in [1.165, 1.54) is 18.0 Å². The lowest BCUT2D eigenvalue weighted by Crippen LogP contribution is -2.00. The summed E-state index contributed by atoms with van der Waals surface area (Å²) in [4.78, 5) is 4.14. The molecule has 8 heteroatoms. The van der Waals surface area contributed by atoms with E-state index in [4.69, 9.17) is 26.3 Å². The summed E-state index contributed by atoms with van der Waals surface area (Å²) in [5.41, 5.74) is 2.39. The van der Waals surface area contributed by atoms with Crippen LogP contribution in [0, 0.1) is 11.3 Å². The van der Waals surface area contributed by atoms with Gasteiger partial charge < -0.3 is 9.47 Å². The van der Waals surface area contributed by atoms with Gasteiger partial charge in [-0.3, -0.25) is 0 Å². The summed E-state index contributed by atoms with van der Waals surface area (Å²) >= 11 is 6.17. The van der Waals surface area contributed by atoms with Crippen molar-refractivity contribution < 1.29 is 9.47 Å². The van der Waals surface area contributed by atoms with Crippen LogP contribution >= 0.6 is 11.6 Å². The highest BCUT2D eigenvalue weighted by Crippen LogP contribution is 2.36. The first kappa shape index (κ1) is 15.8. The lowest BCUT2D eigenvalue weighted by Gasteiger charge is -2.14. The Morgan fingerprint density at radius 1 is 1.17 bits per heavy atom. The Hall–Kier alpha value is -3.11. The van der Waals surface area contributed by atoms with E-state index >= 15 is 0 Å². The van der Waals surface area contributed by atoms with Crippen LogP contribution < -0.4 is 9.47 Å². The SMILES string of the molecule is COc1cc(-c2cc(Cl)ccc2-n2cc(C#N)nn2)c(OC)cn1. The zero-order valence-electron chi connectivity index (χ0n) is 12.9. The third-order valence-electron chi connectivity index (χ3n) is 3.37. The van der Waals surface area contributed by atoms with Gasteiger partial charge in [0.25, 0.3) is 0 Å². The molecule has 0 aliphatic carbocycles. The predicted octanol–water partition coefficient (Wildman–Crippen LogP) is 2.87. The van der Waals surface area contributed by atoms with Gasteiger partial charge in [0.2, 0.25) is 5.88 Å². The second-order valence-electron chi connectivity index (χ2n) is 4.75. The third kappa shape index (κ3) is 2.87. The fraction of sp³-hybridized carbons (Fsp3) is 0.125. The van der Waals surface area contributed by atoms with E-state index in [1.54, 1.807) is 37.6 Å². The number of nitriles is 1. The van der Waals surface area contributed by atoms with Crippen LogP contribution in [-0.4, -0.2) is 34.2 Å². The molecule has 0 saturated heterocycles. The number of benzene rings is 1. The van der Waals surface area contributed by atoms with Crippen LogP contribution in [0.1, 0.15) is 5.69 Å². The molecule has 0 aliphatic heterocycles. The number of pyridine rings is 1. The number of methoxy groups -OCH3 is 2. The maximum absolute atomic E-state index is 8.95. The zero-order valence-corrected chi connectivity index (χ0v) is 13.7. The molecule has 0 unspecified atom stereocenters. The minimum absolute atomic E-state index is 0.218. The molecule has 0 radical (unpaired) electrons. The smallest absolute Gasteiger partial charge is 0.213 e. The maximum atomic E-state index is 8.95. The molecule has 120 valence electrons. The molecule has 3 rings (SSSR count). The van der Waals surface area contributed by atoms with Gasteiger partial charge in [-0.15, -0.1) is 5.10 Å². The van der Waals surface area contributed by atoms with Gasteiger partial charge in [0, 0.05) is 22.2 Å². The molecule has 2 heterocycles. The highest BCUT2D eigenvalue weighted by Gasteiger charge is 2.16. The summed E-state index contributed by atoms with van der Waals surface area (Å²) < 4.78 is 12.1. The predicted molar refractivity (Wildman–Crippen MR) is 87.4 cm³/mol. The van der Waals surface area contributed by atoms with Crippen molar-refractivity contribution in [1.29, 1.82) is 5.26 Å². The fourth-order valence-corrected chi connectivity index (χ4v) is 2.44. The number of hydrogen-bond acceptors (Lipinski definition) is 6. The van der Waals surface area contributed by atoms with Gasteiger partial charge in [0.05, 0.1) is 32.3 Å². The van der Waals surface area contributed by atoms with Crippen LogP contribution in [-0.2, 0) is 0 Å². The molecule has 0 N–H and O–H groups in total. The maximum Gasteiger partial charge on any atom is 0.213 e. The molecule has 7 nitrogen and oxygen atoms in total. The summed E-state index contributed by atoms with van der Waals surface area (Å²) in [5.74, 6) is 0.993. The van der Waals surface area contributed by atoms with Gasteiger partial charge in [-0.25, -0.2) is 9.67 Å². The van der Waals surface area contributed by atoms with Gasteiger partial charge in [0.15, 0.2) is 5.69 Å². The summed E-state index contributed by atoms with van der Waals surface area (Å²) in [7, 11) is 3.09. The third-order valence-corrected chi connectivity index (χ3v) is 3.61. The van der Waals surface area contributed by atoms with Crippen LogP contribution in [0.4, 0.5) is 0 Å². The largest absolute Gasteiger partial charge is 0.494 e. The highest BCUT2D eigenvalue weighted by molar-refractivity contribution is 6.31. The number of ether oxygens (including phenoxy) is 2. The molecule has 24 heavy (non-hydrogen) atoms. The molecule has 0 fully saturated rings. The normalized spacial score (nSPS) is 10.2. The van der Waals surface area contributed by atoms with E-state index in [2.05, 4.69) is 15.3 Å². The number of hydrogen-bond donors (Lipinski definition) is 0. The Morgan fingerprint density at radius 3 is 2.67 bits per heavy atom. The van der Waals surface area contributed by atoms with E-state index in [0.717, 1.165) is 11.1 Å². The molecule has 0 amide bonds. The molecule has 0 saturated carbocycles. The fourth-order valence-electron chi connectivity index (χ4n) is 2.26. The van der Waals surface area contributed by atoms with Gasteiger partial charge in [-0.1, -0.05) is 16.8 Å². The van der Waals surface area contributed by atoms with Crippen LogP contribution in [0.15, 0.2) is 36.7 Å². The minimum atomic E-state index is 0.218. The number of nitrogens with zero attached hydrogens (tertiary/aromatic N) is 5. The van der Waals surface area contributed by atoms with E-state index < -0.39 is 0 Å². The number of halogens is 1. The molecule has 0 aliphatic rings. The minimum Gasteiger partial charge on any atom is -0.494 e. The molecular weight excluding hydrogens is 330 g/mol. The number of aromatic nitrogens is 4. The van der Waals surface area contributed by atoms with Crippen molar-refractivity contribution in [1.82, 2.24) is 20.0 Å². The summed E-state index contributed by atoms with van der Waals surface area (Å²) in [6, 6.07) is 9.01. The van der Waals surface area contributed by atoms with Crippen LogP contribution in [0.2, 0.25) is 5.02 Å². The average molecular weight is 342 g/mol. The van der Waals surface area contributed by atoms with Crippen molar-refractivity contribution in [3.8, 4) is 34.5 Å². The van der Waals surface area contributed by atoms with E-state index in [-0.39, 0.29) is 5.69 Å². The highest BCUT2D eigenvalue weighted by atomic mass is 35.5. The molecule has 0 atom stereocenters. The molecular formula is C16H12ClN5O2. The van der Waals surface area contributed by atoms with Gasteiger partial charge in [-0.05, 0) is 18.2 Å². The van der Waals surface area contributed by atoms with Crippen molar-refractivity contribution in [3.63, 3.8) is 0 Å². The van der Waals surface area contributed by atoms with E-state index in [9.17, 15) is 0 Å². The lowest BCUT2D eigenvalue weighted by atomic mass is 10.0. The molecule has 0 spiro atoms. The lowest BCUT2D eigenvalue weighted by molar-refractivity contribution is 0.388. The molecule has 2 aromatic heterocycles. The summed E-state index contributed by atoms with van der Waals surface area (Å²) in [6.07, 6.45) is 3.11. The first-order valence-electron chi connectivity index (χ1n) is 6.87. The monoisotopic (exact) mass is 341 g/mol. The van der Waals surface area contributed by atoms with E-state index in [0.29, 0.717) is 22.3 Å². The van der Waals surface area contributed by atoms with Crippen LogP contribution in [0.3, 0.4) is 0 Å². The Bertz CT molecular complexity index is 932. The van der Waals surface area contributed by atoms with Gasteiger partial charge in [-0.2, -0.15) is 5.26 Å². The Kier molecular flexibility index (Phi) is 4.31. The second-order valence-corrected chi connectivity index (χ2v) is 5.19. The molecule has 1 aromatic carbocycles. The standard InChI is InChI=1S/C16H12ClN5O2/c1-23-15-8-19-16(24-2)6-13(15)12-5-10(17)3-4-14(12)22-9-11(7-18)20-21-22/h3-6,8-9H,1-2H3. The summed E-state index contributed by atoms with van der Waals surface area (Å²) in [6.45, 7) is 0. The first-order valence-corrected chi connectivity index (χ1v) is 7.25. The van der Waals surface area contributed by atoms with Crippen LogP contribution in [0.25, 0.3) is 16.8 Å². The summed E-state index contributed by atoms with van der Waals surface area (Å²) in [5, 5.41) is 17.3. The van der Waals surface area contributed by atoms with Crippen molar-refractivity contribution in [2.24, 2.45) is 0 Å². The molecule has 0 bridgehead atoms. The first-order chi connectivity index (χ1) is 11.7. The zero-order chi connectivity index (χ0) is 17.1. The van der Waals surface area contributed by atoms with Gasteiger partial charge >= 0.3 is 0 Å². The quantitative estimate of drug-likeness (QED) is 0.725. The Balaban J connectivity index is 2.24. The van der Waals surface area contributed by atoms with Gasteiger partial charge in [0.1, 0.15) is 11.8 Å². The Morgan fingerprint density at radius 2 is 2.00 bits per heavy atom.